The first-order valence-electron chi connectivity index (χ1n) is 6.63. The van der Waals surface area contributed by atoms with E-state index in [1.807, 2.05) is 12.1 Å². The molecule has 1 heterocycles. The van der Waals surface area contributed by atoms with E-state index in [2.05, 4.69) is 10.3 Å². The van der Waals surface area contributed by atoms with Crippen LogP contribution in [0.5, 0.6) is 5.75 Å². The Morgan fingerprint density at radius 2 is 2.00 bits per heavy atom. The van der Waals surface area contributed by atoms with Crippen LogP contribution in [0.1, 0.15) is 19.3 Å². The van der Waals surface area contributed by atoms with Crippen LogP contribution in [0.3, 0.4) is 0 Å². The molecule has 3 aliphatic rings. The highest BCUT2D eigenvalue weighted by molar-refractivity contribution is 5.42. The van der Waals surface area contributed by atoms with Crippen molar-refractivity contribution in [3.05, 3.63) is 18.3 Å². The van der Waals surface area contributed by atoms with Crippen LogP contribution in [0.4, 0.5) is 5.82 Å². The maximum absolute atomic E-state index is 5.12. The molecule has 1 aromatic heterocycles. The van der Waals surface area contributed by atoms with Gasteiger partial charge in [-0.15, -0.1) is 0 Å². The molecule has 0 amide bonds. The van der Waals surface area contributed by atoms with Gasteiger partial charge in [-0.1, -0.05) is 0 Å². The van der Waals surface area contributed by atoms with Crippen molar-refractivity contribution >= 4 is 5.82 Å². The minimum atomic E-state index is 0.710. The highest BCUT2D eigenvalue weighted by atomic mass is 16.5. The third-order valence-electron chi connectivity index (χ3n) is 5.02. The molecule has 90 valence electrons. The Morgan fingerprint density at radius 3 is 2.59 bits per heavy atom. The second-order valence-electron chi connectivity index (χ2n) is 5.74. The number of anilines is 1. The van der Waals surface area contributed by atoms with E-state index in [0.29, 0.717) is 6.04 Å². The fourth-order valence-electron chi connectivity index (χ4n) is 4.28. The van der Waals surface area contributed by atoms with E-state index in [-0.39, 0.29) is 0 Å². The van der Waals surface area contributed by atoms with E-state index in [0.717, 1.165) is 35.2 Å². The molecule has 4 rings (SSSR count). The zero-order valence-electron chi connectivity index (χ0n) is 10.1. The van der Waals surface area contributed by atoms with Gasteiger partial charge < -0.3 is 10.1 Å². The lowest BCUT2D eigenvalue weighted by Gasteiger charge is -2.11. The summed E-state index contributed by atoms with van der Waals surface area (Å²) in [7, 11) is 1.67. The molecular weight excluding hydrogens is 212 g/mol. The van der Waals surface area contributed by atoms with Crippen LogP contribution in [0.25, 0.3) is 0 Å². The minimum absolute atomic E-state index is 0.710. The molecule has 3 fully saturated rings. The fraction of sp³-hybridized carbons (Fsp3) is 0.643. The van der Waals surface area contributed by atoms with Gasteiger partial charge in [0, 0.05) is 6.04 Å². The van der Waals surface area contributed by atoms with Crippen molar-refractivity contribution in [1.82, 2.24) is 4.98 Å². The molecule has 3 heteroatoms. The van der Waals surface area contributed by atoms with Crippen LogP contribution in [0.2, 0.25) is 0 Å². The number of fused-ring (bicyclic) bond motifs is 5. The molecule has 0 aromatic carbocycles. The quantitative estimate of drug-likeness (QED) is 0.866. The molecule has 4 unspecified atom stereocenters. The third-order valence-corrected chi connectivity index (χ3v) is 5.02. The average molecular weight is 230 g/mol. The van der Waals surface area contributed by atoms with Gasteiger partial charge in [0.25, 0.3) is 0 Å². The van der Waals surface area contributed by atoms with Crippen LogP contribution in [0.15, 0.2) is 18.3 Å². The SMILES string of the molecule is COc1ccc(NC2C3C4CCC(C4)C23)nc1. The molecule has 2 bridgehead atoms. The predicted octanol–water partition coefficient (Wildman–Crippen LogP) is 2.55. The summed E-state index contributed by atoms with van der Waals surface area (Å²) < 4.78 is 5.12. The Morgan fingerprint density at radius 1 is 1.24 bits per heavy atom. The maximum atomic E-state index is 5.12. The summed E-state index contributed by atoms with van der Waals surface area (Å²) in [5, 5.41) is 3.60. The summed E-state index contributed by atoms with van der Waals surface area (Å²) >= 11 is 0. The van der Waals surface area contributed by atoms with Gasteiger partial charge in [-0.05, 0) is 55.1 Å². The normalized spacial score (nSPS) is 41.1. The van der Waals surface area contributed by atoms with E-state index < -0.39 is 0 Å². The second kappa shape index (κ2) is 3.37. The third kappa shape index (κ3) is 1.38. The molecule has 17 heavy (non-hydrogen) atoms. The lowest BCUT2D eigenvalue weighted by Crippen LogP contribution is -2.13. The molecule has 1 aromatic rings. The monoisotopic (exact) mass is 230 g/mol. The first-order chi connectivity index (χ1) is 8.36. The van der Waals surface area contributed by atoms with Gasteiger partial charge in [0.05, 0.1) is 13.3 Å². The Hall–Kier alpha value is -1.25. The summed E-state index contributed by atoms with van der Waals surface area (Å²) in [6.07, 6.45) is 6.23. The number of nitrogens with zero attached hydrogens (tertiary/aromatic N) is 1. The number of nitrogens with one attached hydrogen (secondary N) is 1. The molecule has 0 spiro atoms. The van der Waals surface area contributed by atoms with Gasteiger partial charge in [-0.2, -0.15) is 0 Å². The largest absolute Gasteiger partial charge is 0.495 e. The van der Waals surface area contributed by atoms with Crippen molar-refractivity contribution in [2.24, 2.45) is 23.7 Å². The zero-order valence-corrected chi connectivity index (χ0v) is 10.1. The molecule has 4 atom stereocenters. The van der Waals surface area contributed by atoms with Crippen LogP contribution < -0.4 is 10.1 Å². The number of methoxy groups -OCH3 is 1. The lowest BCUT2D eigenvalue weighted by molar-refractivity contribution is 0.413. The van der Waals surface area contributed by atoms with Crippen molar-refractivity contribution in [2.45, 2.75) is 25.3 Å². The van der Waals surface area contributed by atoms with Crippen molar-refractivity contribution in [3.63, 3.8) is 0 Å². The average Bonchev–Trinajstić information content (AvgIpc) is 2.76. The molecule has 3 saturated carbocycles. The molecule has 0 radical (unpaired) electrons. The van der Waals surface area contributed by atoms with Gasteiger partial charge in [-0.25, -0.2) is 4.98 Å². The Kier molecular flexibility index (Phi) is 1.93. The molecular formula is C14H18N2O. The zero-order chi connectivity index (χ0) is 11.4. The van der Waals surface area contributed by atoms with E-state index >= 15 is 0 Å². The predicted molar refractivity (Wildman–Crippen MR) is 66.0 cm³/mol. The summed E-state index contributed by atoms with van der Waals surface area (Å²) in [5.41, 5.74) is 0. The lowest BCUT2D eigenvalue weighted by atomic mass is 10.0. The van der Waals surface area contributed by atoms with Crippen LogP contribution in [0, 0.1) is 23.7 Å². The van der Waals surface area contributed by atoms with Crippen molar-refractivity contribution < 1.29 is 4.74 Å². The summed E-state index contributed by atoms with van der Waals surface area (Å²) in [6, 6.07) is 4.71. The van der Waals surface area contributed by atoms with Gasteiger partial charge in [-0.3, -0.25) is 0 Å². The highest BCUT2D eigenvalue weighted by Crippen LogP contribution is 2.66. The molecule has 0 saturated heterocycles. The van der Waals surface area contributed by atoms with Crippen molar-refractivity contribution in [1.29, 1.82) is 0 Å². The number of hydrogen-bond donors (Lipinski definition) is 1. The molecule has 1 N–H and O–H groups in total. The number of aromatic nitrogens is 1. The van der Waals surface area contributed by atoms with Crippen molar-refractivity contribution in [3.8, 4) is 5.75 Å². The van der Waals surface area contributed by atoms with Crippen molar-refractivity contribution in [2.75, 3.05) is 12.4 Å². The molecule has 3 aliphatic carbocycles. The molecule has 0 aliphatic heterocycles. The van der Waals surface area contributed by atoms with Gasteiger partial charge in [0.2, 0.25) is 0 Å². The van der Waals surface area contributed by atoms with E-state index in [1.54, 1.807) is 13.3 Å². The van der Waals surface area contributed by atoms with Gasteiger partial charge in [0.1, 0.15) is 11.6 Å². The Labute approximate surface area is 102 Å². The Balaban J connectivity index is 1.45. The van der Waals surface area contributed by atoms with E-state index in [4.69, 9.17) is 4.74 Å². The highest BCUT2D eigenvalue weighted by Gasteiger charge is 2.65. The van der Waals surface area contributed by atoms with Crippen LogP contribution >= 0.6 is 0 Å². The van der Waals surface area contributed by atoms with Gasteiger partial charge in [0.15, 0.2) is 0 Å². The van der Waals surface area contributed by atoms with Crippen LogP contribution in [-0.4, -0.2) is 18.1 Å². The first-order valence-corrected chi connectivity index (χ1v) is 6.63. The topological polar surface area (TPSA) is 34.1 Å². The number of rotatable bonds is 3. The molecule has 3 nitrogen and oxygen atoms in total. The first kappa shape index (κ1) is 9.75. The number of ether oxygens (including phenoxy) is 1. The van der Waals surface area contributed by atoms with E-state index in [9.17, 15) is 0 Å². The van der Waals surface area contributed by atoms with Crippen LogP contribution in [-0.2, 0) is 0 Å². The Bertz CT molecular complexity index is 414. The number of hydrogen-bond acceptors (Lipinski definition) is 3. The van der Waals surface area contributed by atoms with E-state index in [1.165, 1.54) is 19.3 Å². The minimum Gasteiger partial charge on any atom is -0.495 e. The second-order valence-corrected chi connectivity index (χ2v) is 5.74. The smallest absolute Gasteiger partial charge is 0.137 e. The maximum Gasteiger partial charge on any atom is 0.137 e. The summed E-state index contributed by atoms with van der Waals surface area (Å²) in [6.45, 7) is 0. The van der Waals surface area contributed by atoms with Gasteiger partial charge >= 0.3 is 0 Å². The number of pyridine rings is 1. The summed E-state index contributed by atoms with van der Waals surface area (Å²) in [4.78, 5) is 4.39. The summed E-state index contributed by atoms with van der Waals surface area (Å²) in [5.74, 6) is 5.77. The standard InChI is InChI=1S/C14H18N2O/c1-17-10-4-5-11(15-7-10)16-14-12-8-2-3-9(6-8)13(12)14/h4-5,7-9,12-14H,2-3,6H2,1H3,(H,15,16). The fourth-order valence-corrected chi connectivity index (χ4v) is 4.28.